The molecule has 0 aliphatic carbocycles. The summed E-state index contributed by atoms with van der Waals surface area (Å²) in [6, 6.07) is 5.41. The van der Waals surface area contributed by atoms with Gasteiger partial charge in [-0.2, -0.15) is 13.2 Å². The Hall–Kier alpha value is -1.76. The molecule has 0 spiro atoms. The van der Waals surface area contributed by atoms with E-state index < -0.39 is 23.9 Å². The Kier molecular flexibility index (Phi) is 5.38. The van der Waals surface area contributed by atoms with Crippen LogP contribution in [-0.2, 0) is 9.59 Å². The van der Waals surface area contributed by atoms with Crippen LogP contribution in [0, 0.1) is 0 Å². The smallest absolute Gasteiger partial charge is 0.471 e. The van der Waals surface area contributed by atoms with Gasteiger partial charge in [-0.1, -0.05) is 0 Å². The summed E-state index contributed by atoms with van der Waals surface area (Å²) in [5.74, 6) is -1.62. The Labute approximate surface area is 118 Å². The first-order valence-electron chi connectivity index (χ1n) is 5.46. The number of hydrogen-bond donors (Lipinski definition) is 0. The minimum absolute atomic E-state index is 0.00559. The number of alkyl halides is 3. The average molecular weight is 310 g/mol. The van der Waals surface area contributed by atoms with Crippen LogP contribution in [0.2, 0.25) is 0 Å². The molecule has 0 unspecified atom stereocenters. The maximum Gasteiger partial charge on any atom is 0.471 e. The highest BCUT2D eigenvalue weighted by atomic mass is 35.5. The third-order valence-corrected chi connectivity index (χ3v) is 2.59. The summed E-state index contributed by atoms with van der Waals surface area (Å²) in [7, 11) is 1.40. The molecule has 0 heterocycles. The Morgan fingerprint density at radius 2 is 1.80 bits per heavy atom. The van der Waals surface area contributed by atoms with Crippen molar-refractivity contribution in [1.82, 2.24) is 0 Å². The standard InChI is InChI=1S/C12H11ClF3NO3/c1-20-9-4-2-8(3-5-9)17(7-6-10(13)18)11(19)12(14,15)16/h2-5H,6-7H2,1H3. The molecule has 0 saturated heterocycles. The molecule has 0 saturated carbocycles. The number of carbonyl (C=O) groups is 2. The highest BCUT2D eigenvalue weighted by Gasteiger charge is 2.43. The minimum atomic E-state index is -5.03. The van der Waals surface area contributed by atoms with Gasteiger partial charge in [-0.05, 0) is 35.9 Å². The van der Waals surface area contributed by atoms with Crippen LogP contribution >= 0.6 is 11.6 Å². The first kappa shape index (κ1) is 16.3. The topological polar surface area (TPSA) is 46.6 Å². The molecule has 4 nitrogen and oxygen atoms in total. The average Bonchev–Trinajstić information content (AvgIpc) is 2.38. The molecule has 0 aromatic heterocycles. The summed E-state index contributed by atoms with van der Waals surface area (Å²) >= 11 is 5.10. The quantitative estimate of drug-likeness (QED) is 0.786. The van der Waals surface area contributed by atoms with E-state index >= 15 is 0 Å². The maximum atomic E-state index is 12.5. The maximum absolute atomic E-state index is 12.5. The normalized spacial score (nSPS) is 11.1. The van der Waals surface area contributed by atoms with Gasteiger partial charge in [0.2, 0.25) is 5.24 Å². The van der Waals surface area contributed by atoms with Crippen LogP contribution in [0.15, 0.2) is 24.3 Å². The number of nitrogens with zero attached hydrogens (tertiary/aromatic N) is 1. The molecule has 0 radical (unpaired) electrons. The van der Waals surface area contributed by atoms with Crippen molar-refractivity contribution in [1.29, 1.82) is 0 Å². The van der Waals surface area contributed by atoms with E-state index in [4.69, 9.17) is 16.3 Å². The molecule has 0 fully saturated rings. The molecule has 0 atom stereocenters. The Morgan fingerprint density at radius 1 is 1.25 bits per heavy atom. The fourth-order valence-corrected chi connectivity index (χ4v) is 1.55. The number of amides is 1. The zero-order chi connectivity index (χ0) is 15.3. The van der Waals surface area contributed by atoms with Gasteiger partial charge in [-0.15, -0.1) is 0 Å². The lowest BCUT2D eigenvalue weighted by atomic mass is 10.2. The van der Waals surface area contributed by atoms with E-state index in [2.05, 4.69) is 0 Å². The fourth-order valence-electron chi connectivity index (χ4n) is 1.46. The molecule has 1 rings (SSSR count). The van der Waals surface area contributed by atoms with Crippen LogP contribution < -0.4 is 9.64 Å². The molecule has 1 amide bonds. The Morgan fingerprint density at radius 3 is 2.20 bits per heavy atom. The fraction of sp³-hybridized carbons (Fsp3) is 0.333. The largest absolute Gasteiger partial charge is 0.497 e. The van der Waals surface area contributed by atoms with E-state index in [-0.39, 0.29) is 12.1 Å². The van der Waals surface area contributed by atoms with Crippen LogP contribution in [-0.4, -0.2) is 31.0 Å². The molecule has 8 heteroatoms. The van der Waals surface area contributed by atoms with Gasteiger partial charge in [0.25, 0.3) is 0 Å². The van der Waals surface area contributed by atoms with Gasteiger partial charge in [0.15, 0.2) is 0 Å². The summed E-state index contributed by atoms with van der Waals surface area (Å²) in [4.78, 5) is 22.5. The predicted molar refractivity (Wildman–Crippen MR) is 66.9 cm³/mol. The molecular formula is C12H11ClF3NO3. The van der Waals surface area contributed by atoms with Crippen molar-refractivity contribution in [3.8, 4) is 5.75 Å². The van der Waals surface area contributed by atoms with Crippen molar-refractivity contribution < 1.29 is 27.5 Å². The molecule has 0 aliphatic rings. The number of rotatable bonds is 5. The van der Waals surface area contributed by atoms with Crippen molar-refractivity contribution in [3.63, 3.8) is 0 Å². The summed E-state index contributed by atoms with van der Waals surface area (Å²) in [5, 5.41) is -0.821. The van der Waals surface area contributed by atoms with Gasteiger partial charge in [0, 0.05) is 18.7 Å². The SMILES string of the molecule is COc1ccc(N(CCC(=O)Cl)C(=O)C(F)(F)F)cc1. The van der Waals surface area contributed by atoms with Gasteiger partial charge < -0.3 is 9.64 Å². The predicted octanol–water partition coefficient (Wildman–Crippen LogP) is 2.75. The molecule has 110 valence electrons. The summed E-state index contributed by atoms with van der Waals surface area (Å²) in [6.07, 6.45) is -5.41. The van der Waals surface area contributed by atoms with Crippen LogP contribution in [0.4, 0.5) is 18.9 Å². The van der Waals surface area contributed by atoms with E-state index in [0.29, 0.717) is 10.6 Å². The molecule has 0 bridgehead atoms. The number of ether oxygens (including phenoxy) is 1. The van der Waals surface area contributed by atoms with Crippen LogP contribution in [0.3, 0.4) is 0 Å². The summed E-state index contributed by atoms with van der Waals surface area (Å²) in [5.41, 5.74) is 0.00559. The first-order valence-corrected chi connectivity index (χ1v) is 5.84. The zero-order valence-corrected chi connectivity index (χ0v) is 11.2. The van der Waals surface area contributed by atoms with E-state index in [9.17, 15) is 22.8 Å². The Bertz CT molecular complexity index is 488. The zero-order valence-electron chi connectivity index (χ0n) is 10.4. The second kappa shape index (κ2) is 6.60. The number of anilines is 1. The van der Waals surface area contributed by atoms with Gasteiger partial charge >= 0.3 is 12.1 Å². The van der Waals surface area contributed by atoms with Crippen LogP contribution in [0.25, 0.3) is 0 Å². The molecule has 0 aliphatic heterocycles. The van der Waals surface area contributed by atoms with Gasteiger partial charge in [-0.3, -0.25) is 9.59 Å². The van der Waals surface area contributed by atoms with Crippen molar-refractivity contribution in [2.45, 2.75) is 12.6 Å². The lowest BCUT2D eigenvalue weighted by Gasteiger charge is -2.23. The highest BCUT2D eigenvalue weighted by molar-refractivity contribution is 6.63. The number of benzene rings is 1. The third-order valence-electron chi connectivity index (χ3n) is 2.40. The van der Waals surface area contributed by atoms with Crippen LogP contribution in [0.5, 0.6) is 5.75 Å². The first-order chi connectivity index (χ1) is 9.25. The lowest BCUT2D eigenvalue weighted by molar-refractivity contribution is -0.170. The lowest BCUT2D eigenvalue weighted by Crippen LogP contribution is -2.42. The van der Waals surface area contributed by atoms with Crippen molar-refractivity contribution >= 4 is 28.4 Å². The van der Waals surface area contributed by atoms with E-state index in [1.54, 1.807) is 0 Å². The van der Waals surface area contributed by atoms with Crippen molar-refractivity contribution in [3.05, 3.63) is 24.3 Å². The number of hydrogen-bond acceptors (Lipinski definition) is 3. The number of carbonyl (C=O) groups excluding carboxylic acids is 2. The summed E-state index contributed by atoms with van der Waals surface area (Å²) < 4.78 is 42.4. The van der Waals surface area contributed by atoms with Crippen molar-refractivity contribution in [2.75, 3.05) is 18.6 Å². The molecule has 20 heavy (non-hydrogen) atoms. The number of methoxy groups -OCH3 is 1. The summed E-state index contributed by atoms with van der Waals surface area (Å²) in [6.45, 7) is -0.451. The highest BCUT2D eigenvalue weighted by Crippen LogP contribution is 2.25. The molecule has 1 aromatic rings. The van der Waals surface area contributed by atoms with Crippen molar-refractivity contribution in [2.24, 2.45) is 0 Å². The van der Waals surface area contributed by atoms with Gasteiger partial charge in [-0.25, -0.2) is 0 Å². The van der Waals surface area contributed by atoms with Gasteiger partial charge in [0.05, 0.1) is 7.11 Å². The second-order valence-corrected chi connectivity index (χ2v) is 4.18. The second-order valence-electron chi connectivity index (χ2n) is 3.76. The Balaban J connectivity index is 3.02. The third kappa shape index (κ3) is 4.41. The van der Waals surface area contributed by atoms with E-state index in [0.717, 1.165) is 0 Å². The molecule has 0 N–H and O–H groups in total. The monoisotopic (exact) mass is 309 g/mol. The van der Waals surface area contributed by atoms with E-state index in [1.807, 2.05) is 0 Å². The van der Waals surface area contributed by atoms with E-state index in [1.165, 1.54) is 31.4 Å². The van der Waals surface area contributed by atoms with Crippen LogP contribution in [0.1, 0.15) is 6.42 Å². The molecule has 1 aromatic carbocycles. The van der Waals surface area contributed by atoms with Gasteiger partial charge in [0.1, 0.15) is 5.75 Å². The number of halogens is 4. The minimum Gasteiger partial charge on any atom is -0.497 e. The molecular weight excluding hydrogens is 299 g/mol.